The first kappa shape index (κ1) is 15.5. The molecule has 3 nitrogen and oxygen atoms in total. The largest absolute Gasteiger partial charge is 0.478 e. The highest BCUT2D eigenvalue weighted by atomic mass is 32.1. The van der Waals surface area contributed by atoms with Gasteiger partial charge in [-0.25, -0.2) is 4.79 Å². The molecule has 1 fully saturated rings. The number of hydrogen-bond acceptors (Lipinski definition) is 3. The monoisotopic (exact) mass is 296 g/mol. The first-order valence-electron chi connectivity index (χ1n) is 7.28. The molecule has 2 N–H and O–H groups in total. The van der Waals surface area contributed by atoms with Gasteiger partial charge in [-0.3, -0.25) is 0 Å². The van der Waals surface area contributed by atoms with Crippen molar-refractivity contribution in [3.63, 3.8) is 0 Å². The summed E-state index contributed by atoms with van der Waals surface area (Å²) in [6.45, 7) is 6.74. The number of aliphatic hydroxyl groups is 1. The average molecular weight is 296 g/mol. The third-order valence-electron chi connectivity index (χ3n) is 4.59. The smallest absolute Gasteiger partial charge is 0.336 e. The van der Waals surface area contributed by atoms with E-state index < -0.39 is 11.6 Å². The molecule has 1 aliphatic carbocycles. The first-order chi connectivity index (χ1) is 9.24. The molecule has 2 rings (SSSR count). The van der Waals surface area contributed by atoms with Crippen LogP contribution in [0.25, 0.3) is 0 Å². The van der Waals surface area contributed by atoms with Crippen LogP contribution in [-0.2, 0) is 5.60 Å². The second kappa shape index (κ2) is 5.49. The van der Waals surface area contributed by atoms with Gasteiger partial charge in [-0.2, -0.15) is 0 Å². The number of thiophene rings is 1. The van der Waals surface area contributed by atoms with E-state index in [9.17, 15) is 15.0 Å². The van der Waals surface area contributed by atoms with Gasteiger partial charge in [0.15, 0.2) is 0 Å². The van der Waals surface area contributed by atoms with E-state index in [1.807, 2.05) is 0 Å². The predicted octanol–water partition coefficient (Wildman–Crippen LogP) is 4.26. The highest BCUT2D eigenvalue weighted by Gasteiger charge is 2.38. The van der Waals surface area contributed by atoms with Crippen LogP contribution >= 0.6 is 11.3 Å². The van der Waals surface area contributed by atoms with Crippen molar-refractivity contribution in [2.75, 3.05) is 0 Å². The third kappa shape index (κ3) is 3.07. The standard InChI is InChI=1S/C16H24O3S/c1-15(2,3)11-5-4-8-16(19,9-6-11)13-12(14(17)18)7-10-20-13/h7,10-11,19H,4-6,8-9H2,1-3H3,(H,17,18). The minimum Gasteiger partial charge on any atom is -0.478 e. The second-order valence-corrected chi connectivity index (χ2v) is 7.91. The van der Waals surface area contributed by atoms with E-state index in [-0.39, 0.29) is 11.0 Å². The van der Waals surface area contributed by atoms with Gasteiger partial charge in [-0.15, -0.1) is 11.3 Å². The topological polar surface area (TPSA) is 57.5 Å². The van der Waals surface area contributed by atoms with Gasteiger partial charge in [-0.1, -0.05) is 20.8 Å². The predicted molar refractivity (Wildman–Crippen MR) is 81.2 cm³/mol. The Bertz CT molecular complexity index is 486. The fourth-order valence-electron chi connectivity index (χ4n) is 3.25. The summed E-state index contributed by atoms with van der Waals surface area (Å²) in [5.74, 6) is -0.351. The Morgan fingerprint density at radius 3 is 2.65 bits per heavy atom. The lowest BCUT2D eigenvalue weighted by atomic mass is 9.76. The fourth-order valence-corrected chi connectivity index (χ4v) is 4.30. The van der Waals surface area contributed by atoms with Crippen LogP contribution < -0.4 is 0 Å². The summed E-state index contributed by atoms with van der Waals surface area (Å²) in [7, 11) is 0. The zero-order valence-electron chi connectivity index (χ0n) is 12.5. The minimum atomic E-state index is -0.956. The van der Waals surface area contributed by atoms with Crippen LogP contribution in [0, 0.1) is 11.3 Å². The van der Waals surface area contributed by atoms with E-state index in [1.54, 1.807) is 11.4 Å². The first-order valence-corrected chi connectivity index (χ1v) is 8.16. The molecule has 2 unspecified atom stereocenters. The van der Waals surface area contributed by atoms with Crippen molar-refractivity contribution in [2.45, 2.75) is 58.5 Å². The molecule has 1 heterocycles. The highest BCUT2D eigenvalue weighted by molar-refractivity contribution is 7.10. The number of carbonyl (C=O) groups is 1. The molecule has 0 amide bonds. The molecule has 4 heteroatoms. The molecular weight excluding hydrogens is 272 g/mol. The Kier molecular flexibility index (Phi) is 4.26. The Morgan fingerprint density at radius 2 is 2.05 bits per heavy atom. The number of carboxylic acid groups (broad SMARTS) is 1. The minimum absolute atomic E-state index is 0.246. The van der Waals surface area contributed by atoms with E-state index in [2.05, 4.69) is 20.8 Å². The maximum Gasteiger partial charge on any atom is 0.336 e. The van der Waals surface area contributed by atoms with Gasteiger partial charge in [0, 0.05) is 0 Å². The zero-order valence-corrected chi connectivity index (χ0v) is 13.3. The van der Waals surface area contributed by atoms with Crippen LogP contribution in [0.2, 0.25) is 0 Å². The van der Waals surface area contributed by atoms with Crippen LogP contribution in [0.1, 0.15) is 68.1 Å². The summed E-state index contributed by atoms with van der Waals surface area (Å²) in [5, 5.41) is 22.0. The zero-order chi connectivity index (χ0) is 15.0. The lowest BCUT2D eigenvalue weighted by Crippen LogP contribution is -2.26. The van der Waals surface area contributed by atoms with E-state index in [4.69, 9.17) is 0 Å². The van der Waals surface area contributed by atoms with Crippen molar-refractivity contribution in [2.24, 2.45) is 11.3 Å². The molecule has 0 aliphatic heterocycles. The van der Waals surface area contributed by atoms with Gasteiger partial charge in [-0.05, 0) is 54.9 Å². The van der Waals surface area contributed by atoms with Crippen LogP contribution in [0.3, 0.4) is 0 Å². The molecule has 0 spiro atoms. The lowest BCUT2D eigenvalue weighted by molar-refractivity contribution is 0.0197. The molecule has 0 aromatic carbocycles. The van der Waals surface area contributed by atoms with Gasteiger partial charge in [0.05, 0.1) is 16.0 Å². The van der Waals surface area contributed by atoms with Gasteiger partial charge < -0.3 is 10.2 Å². The van der Waals surface area contributed by atoms with Gasteiger partial charge in [0.2, 0.25) is 0 Å². The highest BCUT2D eigenvalue weighted by Crippen LogP contribution is 2.45. The summed E-state index contributed by atoms with van der Waals surface area (Å²) in [5.41, 5.74) is -0.440. The molecule has 0 saturated heterocycles. The molecular formula is C16H24O3S. The average Bonchev–Trinajstić information content (AvgIpc) is 2.73. The summed E-state index contributed by atoms with van der Waals surface area (Å²) >= 11 is 1.37. The quantitative estimate of drug-likeness (QED) is 0.802. The van der Waals surface area contributed by atoms with Crippen LogP contribution in [0.5, 0.6) is 0 Å². The molecule has 20 heavy (non-hydrogen) atoms. The van der Waals surface area contributed by atoms with E-state index in [0.29, 0.717) is 23.6 Å². The van der Waals surface area contributed by atoms with Crippen LogP contribution in [-0.4, -0.2) is 16.2 Å². The summed E-state index contributed by atoms with van der Waals surface area (Å²) in [6.07, 6.45) is 4.35. The molecule has 0 bridgehead atoms. The fraction of sp³-hybridized carbons (Fsp3) is 0.688. The molecule has 112 valence electrons. The Hall–Kier alpha value is -0.870. The molecule has 1 aromatic heterocycles. The Labute approximate surface area is 124 Å². The third-order valence-corrected chi connectivity index (χ3v) is 5.70. The van der Waals surface area contributed by atoms with Crippen molar-refractivity contribution in [1.29, 1.82) is 0 Å². The Morgan fingerprint density at radius 1 is 1.35 bits per heavy atom. The SMILES string of the molecule is CC(C)(C)C1CCCC(O)(c2sccc2C(=O)O)CC1. The molecule has 1 aromatic rings. The molecule has 1 saturated carbocycles. The summed E-state index contributed by atoms with van der Waals surface area (Å²) in [6, 6.07) is 1.60. The molecule has 2 atom stereocenters. The maximum absolute atomic E-state index is 11.3. The van der Waals surface area contributed by atoms with Gasteiger partial charge >= 0.3 is 5.97 Å². The number of rotatable bonds is 2. The van der Waals surface area contributed by atoms with Crippen LogP contribution in [0.4, 0.5) is 0 Å². The van der Waals surface area contributed by atoms with Crippen molar-refractivity contribution in [3.8, 4) is 0 Å². The second-order valence-electron chi connectivity index (χ2n) is 6.99. The van der Waals surface area contributed by atoms with E-state index in [1.165, 1.54) is 11.3 Å². The van der Waals surface area contributed by atoms with Gasteiger partial charge in [0.25, 0.3) is 0 Å². The number of hydrogen-bond donors (Lipinski definition) is 2. The van der Waals surface area contributed by atoms with Crippen molar-refractivity contribution in [1.82, 2.24) is 0 Å². The normalized spacial score (nSPS) is 28.1. The number of aromatic carboxylic acids is 1. The summed E-state index contributed by atoms with van der Waals surface area (Å²) in [4.78, 5) is 11.9. The van der Waals surface area contributed by atoms with Crippen molar-refractivity contribution < 1.29 is 15.0 Å². The van der Waals surface area contributed by atoms with Crippen molar-refractivity contribution >= 4 is 17.3 Å². The van der Waals surface area contributed by atoms with E-state index >= 15 is 0 Å². The summed E-state index contributed by atoms with van der Waals surface area (Å²) < 4.78 is 0. The number of carboxylic acids is 1. The van der Waals surface area contributed by atoms with Gasteiger partial charge in [0.1, 0.15) is 0 Å². The van der Waals surface area contributed by atoms with E-state index in [0.717, 1.165) is 19.3 Å². The van der Waals surface area contributed by atoms with Crippen molar-refractivity contribution in [3.05, 3.63) is 21.9 Å². The van der Waals surface area contributed by atoms with Crippen LogP contribution in [0.15, 0.2) is 11.4 Å². The molecule has 0 radical (unpaired) electrons. The Balaban J connectivity index is 2.23. The molecule has 1 aliphatic rings. The lowest BCUT2D eigenvalue weighted by Gasteiger charge is -2.31. The maximum atomic E-state index is 11.3.